The number of carbonyl (C=O) groups is 1. The van der Waals surface area contributed by atoms with Crippen LogP contribution in [0.5, 0.6) is 17.2 Å². The topological polar surface area (TPSA) is 99.4 Å². The van der Waals surface area contributed by atoms with Gasteiger partial charge in [-0.25, -0.2) is 9.79 Å². The van der Waals surface area contributed by atoms with Crippen LogP contribution >= 0.6 is 11.3 Å². The van der Waals surface area contributed by atoms with E-state index in [0.717, 1.165) is 0 Å². The van der Waals surface area contributed by atoms with Gasteiger partial charge in [0.15, 0.2) is 16.3 Å². The summed E-state index contributed by atoms with van der Waals surface area (Å²) in [6.45, 7) is 5.83. The molecular weight excluding hydrogens is 468 g/mol. The van der Waals surface area contributed by atoms with Gasteiger partial charge in [0.1, 0.15) is 11.8 Å². The Morgan fingerprint density at radius 2 is 1.94 bits per heavy atom. The predicted molar refractivity (Wildman–Crippen MR) is 133 cm³/mol. The van der Waals surface area contributed by atoms with Crippen LogP contribution in [0.1, 0.15) is 37.9 Å². The number of benzene rings is 2. The van der Waals surface area contributed by atoms with Crippen LogP contribution in [0.25, 0.3) is 6.08 Å². The first kappa shape index (κ1) is 24.3. The molecule has 4 rings (SSSR count). The SMILES string of the molecule is CCOC(=O)C1=C(C)N=c2s/c(=C\c3ccccc3O)c(=O)n2C1c1cccc(OC)c1OCC. The van der Waals surface area contributed by atoms with Crippen LogP contribution in [0.3, 0.4) is 0 Å². The summed E-state index contributed by atoms with van der Waals surface area (Å²) in [6.07, 6.45) is 1.62. The van der Waals surface area contributed by atoms with E-state index < -0.39 is 12.0 Å². The van der Waals surface area contributed by atoms with Crippen molar-refractivity contribution in [1.82, 2.24) is 4.57 Å². The third kappa shape index (κ3) is 4.46. The molecule has 0 bridgehead atoms. The van der Waals surface area contributed by atoms with Crippen LogP contribution in [-0.2, 0) is 9.53 Å². The number of hydrogen-bond donors (Lipinski definition) is 1. The molecule has 1 aliphatic heterocycles. The molecule has 2 heterocycles. The van der Waals surface area contributed by atoms with E-state index in [1.165, 1.54) is 23.0 Å². The lowest BCUT2D eigenvalue weighted by Gasteiger charge is -2.26. The smallest absolute Gasteiger partial charge is 0.338 e. The van der Waals surface area contributed by atoms with E-state index in [0.29, 0.717) is 44.3 Å². The van der Waals surface area contributed by atoms with E-state index in [1.54, 1.807) is 62.4 Å². The van der Waals surface area contributed by atoms with Gasteiger partial charge in [0.2, 0.25) is 0 Å². The van der Waals surface area contributed by atoms with Gasteiger partial charge in [0.05, 0.1) is 36.1 Å². The Bertz CT molecular complexity index is 1480. The lowest BCUT2D eigenvalue weighted by Crippen LogP contribution is -2.40. The van der Waals surface area contributed by atoms with Gasteiger partial charge in [-0.1, -0.05) is 41.7 Å². The van der Waals surface area contributed by atoms with E-state index in [9.17, 15) is 14.7 Å². The van der Waals surface area contributed by atoms with Crippen LogP contribution < -0.4 is 24.4 Å². The number of carbonyl (C=O) groups excluding carboxylic acids is 1. The molecule has 9 heteroatoms. The summed E-state index contributed by atoms with van der Waals surface area (Å²) >= 11 is 1.18. The molecular formula is C26H26N2O6S. The average Bonchev–Trinajstić information content (AvgIpc) is 3.14. The number of aromatic nitrogens is 1. The summed E-state index contributed by atoms with van der Waals surface area (Å²) in [7, 11) is 1.53. The molecule has 0 saturated carbocycles. The molecule has 35 heavy (non-hydrogen) atoms. The highest BCUT2D eigenvalue weighted by atomic mass is 32.1. The van der Waals surface area contributed by atoms with E-state index >= 15 is 0 Å². The highest BCUT2D eigenvalue weighted by molar-refractivity contribution is 7.07. The summed E-state index contributed by atoms with van der Waals surface area (Å²) in [5.41, 5.74) is 1.45. The Kier molecular flexibility index (Phi) is 7.07. The Hall–Kier alpha value is -3.85. The number of allylic oxidation sites excluding steroid dienone is 1. The zero-order chi connectivity index (χ0) is 25.1. The van der Waals surface area contributed by atoms with E-state index in [-0.39, 0.29) is 23.5 Å². The number of phenolic OH excluding ortho intramolecular Hbond substituents is 1. The zero-order valence-corrected chi connectivity index (χ0v) is 20.7. The van der Waals surface area contributed by atoms with Crippen molar-refractivity contribution in [3.63, 3.8) is 0 Å². The summed E-state index contributed by atoms with van der Waals surface area (Å²) in [5.74, 6) is 0.427. The molecule has 1 N–H and O–H groups in total. The molecule has 3 aromatic rings. The van der Waals surface area contributed by atoms with Crippen molar-refractivity contribution < 1.29 is 24.1 Å². The molecule has 0 saturated heterocycles. The highest BCUT2D eigenvalue weighted by Crippen LogP contribution is 2.40. The average molecular weight is 495 g/mol. The molecule has 1 aromatic heterocycles. The number of thiazole rings is 1. The van der Waals surface area contributed by atoms with Crippen molar-refractivity contribution in [3.8, 4) is 17.2 Å². The van der Waals surface area contributed by atoms with E-state index in [2.05, 4.69) is 4.99 Å². The second-order valence-electron chi connectivity index (χ2n) is 7.67. The molecule has 2 aromatic carbocycles. The third-order valence-corrected chi connectivity index (χ3v) is 6.54. The van der Waals surface area contributed by atoms with Gasteiger partial charge in [-0.2, -0.15) is 0 Å². The number of phenols is 1. The first-order valence-corrected chi connectivity index (χ1v) is 12.0. The first-order chi connectivity index (χ1) is 16.9. The van der Waals surface area contributed by atoms with Crippen LogP contribution in [0, 0.1) is 0 Å². The number of hydrogen-bond acceptors (Lipinski definition) is 8. The van der Waals surface area contributed by atoms with Crippen LogP contribution in [0.15, 0.2) is 63.5 Å². The normalized spacial score (nSPS) is 15.4. The molecule has 0 amide bonds. The van der Waals surface area contributed by atoms with Crippen molar-refractivity contribution in [3.05, 3.63) is 84.5 Å². The third-order valence-electron chi connectivity index (χ3n) is 5.55. The minimum atomic E-state index is -0.839. The second kappa shape index (κ2) is 10.2. The molecule has 182 valence electrons. The summed E-state index contributed by atoms with van der Waals surface area (Å²) in [6, 6.07) is 11.3. The molecule has 1 unspecified atom stereocenters. The minimum Gasteiger partial charge on any atom is -0.507 e. The van der Waals surface area contributed by atoms with Gasteiger partial charge < -0.3 is 19.3 Å². The van der Waals surface area contributed by atoms with Gasteiger partial charge in [-0.3, -0.25) is 9.36 Å². The number of para-hydroxylation sites is 2. The molecule has 1 aliphatic rings. The fourth-order valence-electron chi connectivity index (χ4n) is 4.04. The highest BCUT2D eigenvalue weighted by Gasteiger charge is 2.35. The fraction of sp³-hybridized carbons (Fsp3) is 0.269. The number of aromatic hydroxyl groups is 1. The number of fused-ring (bicyclic) bond motifs is 1. The number of ether oxygens (including phenoxy) is 3. The van der Waals surface area contributed by atoms with Crippen molar-refractivity contribution >= 4 is 23.4 Å². The maximum absolute atomic E-state index is 13.7. The maximum atomic E-state index is 13.7. The standard InChI is InChI=1S/C26H26N2O6S/c1-5-33-23-17(11-9-13-19(23)32-4)22-21(25(31)34-6-2)15(3)27-26-28(22)24(30)20(35-26)14-16-10-7-8-12-18(16)29/h7-14,22,29H,5-6H2,1-4H3/b20-14-. The molecule has 0 aliphatic carbocycles. The number of esters is 1. The van der Waals surface area contributed by atoms with Gasteiger partial charge in [0.25, 0.3) is 5.56 Å². The van der Waals surface area contributed by atoms with E-state index in [4.69, 9.17) is 14.2 Å². The van der Waals surface area contributed by atoms with Gasteiger partial charge in [-0.15, -0.1) is 0 Å². The lowest BCUT2D eigenvalue weighted by atomic mass is 9.94. The first-order valence-electron chi connectivity index (χ1n) is 11.2. The quantitative estimate of drug-likeness (QED) is 0.507. The predicted octanol–water partition coefficient (Wildman–Crippen LogP) is 2.91. The second-order valence-corrected chi connectivity index (χ2v) is 8.68. The minimum absolute atomic E-state index is 0.0599. The van der Waals surface area contributed by atoms with Crippen molar-refractivity contribution in [2.24, 2.45) is 4.99 Å². The molecule has 0 fully saturated rings. The number of methoxy groups -OCH3 is 1. The Morgan fingerprint density at radius 1 is 1.17 bits per heavy atom. The maximum Gasteiger partial charge on any atom is 0.338 e. The van der Waals surface area contributed by atoms with Crippen LogP contribution in [-0.4, -0.2) is 36.0 Å². The Morgan fingerprint density at radius 3 is 2.63 bits per heavy atom. The Labute approximate surface area is 206 Å². The summed E-state index contributed by atoms with van der Waals surface area (Å²) in [4.78, 5) is 31.8. The van der Waals surface area contributed by atoms with E-state index in [1.807, 2.05) is 6.92 Å². The van der Waals surface area contributed by atoms with Crippen molar-refractivity contribution in [2.45, 2.75) is 26.8 Å². The van der Waals surface area contributed by atoms with Gasteiger partial charge in [0, 0.05) is 11.1 Å². The van der Waals surface area contributed by atoms with Gasteiger partial charge in [-0.05, 0) is 39.0 Å². The zero-order valence-electron chi connectivity index (χ0n) is 19.9. The van der Waals surface area contributed by atoms with Crippen LogP contribution in [0.4, 0.5) is 0 Å². The summed E-state index contributed by atoms with van der Waals surface area (Å²) < 4.78 is 18.6. The largest absolute Gasteiger partial charge is 0.507 e. The van der Waals surface area contributed by atoms with Crippen LogP contribution in [0.2, 0.25) is 0 Å². The van der Waals surface area contributed by atoms with Gasteiger partial charge >= 0.3 is 5.97 Å². The lowest BCUT2D eigenvalue weighted by molar-refractivity contribution is -0.139. The molecule has 8 nitrogen and oxygen atoms in total. The van der Waals surface area contributed by atoms with Crippen molar-refractivity contribution in [1.29, 1.82) is 0 Å². The van der Waals surface area contributed by atoms with Crippen molar-refractivity contribution in [2.75, 3.05) is 20.3 Å². The number of rotatable bonds is 7. The molecule has 1 atom stereocenters. The summed E-state index contributed by atoms with van der Waals surface area (Å²) in [5, 5.41) is 10.2. The monoisotopic (exact) mass is 494 g/mol. The number of nitrogens with zero attached hydrogens (tertiary/aromatic N) is 2. The Balaban J connectivity index is 2.04. The molecule has 0 spiro atoms. The fourth-order valence-corrected chi connectivity index (χ4v) is 5.08. The molecule has 0 radical (unpaired) electrons.